The van der Waals surface area contributed by atoms with E-state index in [0.717, 1.165) is 18.9 Å². The highest BCUT2D eigenvalue weighted by atomic mass is 16.4. The SMILES string of the molecule is CCCCC(=O)Nc1ccc(C(=O)NNC(=O)/C=C/C(=O)O)cc1. The molecule has 4 N–H and O–H groups in total. The van der Waals surface area contributed by atoms with Crippen LogP contribution in [0.15, 0.2) is 36.4 Å². The average molecular weight is 333 g/mol. The number of hydrogen-bond acceptors (Lipinski definition) is 4. The number of unbranched alkanes of at least 4 members (excludes halogenated alkanes) is 1. The monoisotopic (exact) mass is 333 g/mol. The van der Waals surface area contributed by atoms with Crippen LogP contribution < -0.4 is 16.2 Å². The Kier molecular flexibility index (Phi) is 7.69. The molecule has 128 valence electrons. The van der Waals surface area contributed by atoms with Crippen LogP contribution >= 0.6 is 0 Å². The molecule has 0 unspecified atom stereocenters. The number of hydrogen-bond donors (Lipinski definition) is 4. The number of carbonyl (C=O) groups excluding carboxylic acids is 3. The molecule has 0 aliphatic rings. The van der Waals surface area contributed by atoms with Gasteiger partial charge in [0.1, 0.15) is 0 Å². The predicted molar refractivity (Wildman–Crippen MR) is 87.0 cm³/mol. The van der Waals surface area contributed by atoms with Crippen molar-refractivity contribution in [3.63, 3.8) is 0 Å². The van der Waals surface area contributed by atoms with E-state index in [2.05, 4.69) is 10.7 Å². The number of carboxylic acids is 1. The van der Waals surface area contributed by atoms with Crippen molar-refractivity contribution in [2.24, 2.45) is 0 Å². The lowest BCUT2D eigenvalue weighted by atomic mass is 10.2. The first kappa shape index (κ1) is 18.9. The van der Waals surface area contributed by atoms with Gasteiger partial charge in [-0.2, -0.15) is 0 Å². The maximum atomic E-state index is 11.8. The van der Waals surface area contributed by atoms with Gasteiger partial charge in [0, 0.05) is 29.8 Å². The molecule has 0 spiro atoms. The van der Waals surface area contributed by atoms with Crippen LogP contribution in [0.1, 0.15) is 36.5 Å². The summed E-state index contributed by atoms with van der Waals surface area (Å²) in [6.45, 7) is 2.00. The van der Waals surface area contributed by atoms with Gasteiger partial charge in [0.15, 0.2) is 0 Å². The third kappa shape index (κ3) is 7.21. The number of rotatable bonds is 7. The molecule has 0 saturated heterocycles. The standard InChI is InChI=1S/C16H19N3O5/c1-2-3-4-13(20)17-12-7-5-11(6-8-12)16(24)19-18-14(21)9-10-15(22)23/h5-10H,2-4H2,1H3,(H,17,20)(H,18,21)(H,19,24)(H,22,23)/b10-9+. The number of benzene rings is 1. The molecule has 24 heavy (non-hydrogen) atoms. The van der Waals surface area contributed by atoms with Gasteiger partial charge in [0.2, 0.25) is 5.91 Å². The van der Waals surface area contributed by atoms with Crippen LogP contribution in [0.3, 0.4) is 0 Å². The van der Waals surface area contributed by atoms with E-state index in [4.69, 9.17) is 5.11 Å². The smallest absolute Gasteiger partial charge is 0.328 e. The molecular formula is C16H19N3O5. The first-order chi connectivity index (χ1) is 11.4. The fraction of sp³-hybridized carbons (Fsp3) is 0.250. The largest absolute Gasteiger partial charge is 0.478 e. The molecule has 3 amide bonds. The summed E-state index contributed by atoms with van der Waals surface area (Å²) in [4.78, 5) is 44.9. The van der Waals surface area contributed by atoms with Crippen LogP contribution in [0.2, 0.25) is 0 Å². The Morgan fingerprint density at radius 2 is 1.71 bits per heavy atom. The Morgan fingerprint density at radius 3 is 2.29 bits per heavy atom. The third-order valence-corrected chi connectivity index (χ3v) is 2.86. The van der Waals surface area contributed by atoms with Gasteiger partial charge < -0.3 is 10.4 Å². The molecule has 0 fully saturated rings. The second-order valence-electron chi connectivity index (χ2n) is 4.84. The summed E-state index contributed by atoms with van der Waals surface area (Å²) in [7, 11) is 0. The molecule has 0 heterocycles. The fourth-order valence-electron chi connectivity index (χ4n) is 1.64. The van der Waals surface area contributed by atoms with E-state index in [1.165, 1.54) is 12.1 Å². The van der Waals surface area contributed by atoms with Crippen LogP contribution in [0.25, 0.3) is 0 Å². The average Bonchev–Trinajstić information content (AvgIpc) is 2.56. The van der Waals surface area contributed by atoms with Gasteiger partial charge >= 0.3 is 5.97 Å². The van der Waals surface area contributed by atoms with Gasteiger partial charge in [-0.05, 0) is 30.7 Å². The zero-order chi connectivity index (χ0) is 17.9. The molecule has 0 saturated carbocycles. The van der Waals surface area contributed by atoms with Gasteiger partial charge in [-0.25, -0.2) is 4.79 Å². The minimum absolute atomic E-state index is 0.0912. The molecule has 0 aliphatic heterocycles. The summed E-state index contributed by atoms with van der Waals surface area (Å²) in [5.41, 5.74) is 5.03. The van der Waals surface area contributed by atoms with Crippen molar-refractivity contribution in [3.8, 4) is 0 Å². The van der Waals surface area contributed by atoms with E-state index in [9.17, 15) is 19.2 Å². The van der Waals surface area contributed by atoms with Crippen molar-refractivity contribution >= 4 is 29.4 Å². The minimum atomic E-state index is -1.27. The highest BCUT2D eigenvalue weighted by Crippen LogP contribution is 2.10. The molecule has 1 aromatic rings. The first-order valence-corrected chi connectivity index (χ1v) is 7.33. The van der Waals surface area contributed by atoms with Crippen molar-refractivity contribution in [2.75, 3.05) is 5.32 Å². The Hall–Kier alpha value is -3.16. The first-order valence-electron chi connectivity index (χ1n) is 7.33. The molecule has 1 rings (SSSR count). The van der Waals surface area contributed by atoms with Crippen LogP contribution in [-0.4, -0.2) is 28.8 Å². The van der Waals surface area contributed by atoms with Gasteiger partial charge in [0.25, 0.3) is 11.8 Å². The van der Waals surface area contributed by atoms with Crippen molar-refractivity contribution < 1.29 is 24.3 Å². The summed E-state index contributed by atoms with van der Waals surface area (Å²) in [6.07, 6.45) is 3.60. The van der Waals surface area contributed by atoms with Gasteiger partial charge in [0.05, 0.1) is 0 Å². The normalized spacial score (nSPS) is 10.2. The van der Waals surface area contributed by atoms with Crippen LogP contribution in [-0.2, 0) is 14.4 Å². The molecular weight excluding hydrogens is 314 g/mol. The van der Waals surface area contributed by atoms with Crippen molar-refractivity contribution in [1.82, 2.24) is 10.9 Å². The molecule has 8 heteroatoms. The highest BCUT2D eigenvalue weighted by molar-refractivity contribution is 5.99. The van der Waals surface area contributed by atoms with Crippen LogP contribution in [0.5, 0.6) is 0 Å². The molecule has 0 aliphatic carbocycles. The topological polar surface area (TPSA) is 125 Å². The number of carboxylic acid groups (broad SMARTS) is 1. The number of anilines is 1. The maximum absolute atomic E-state index is 11.8. The lowest BCUT2D eigenvalue weighted by molar-refractivity contribution is -0.131. The Balaban J connectivity index is 2.50. The van der Waals surface area contributed by atoms with Crippen LogP contribution in [0.4, 0.5) is 5.69 Å². The van der Waals surface area contributed by atoms with E-state index >= 15 is 0 Å². The van der Waals surface area contributed by atoms with Crippen molar-refractivity contribution in [3.05, 3.63) is 42.0 Å². The summed E-state index contributed by atoms with van der Waals surface area (Å²) in [6, 6.07) is 6.13. The molecule has 0 atom stereocenters. The molecule has 0 bridgehead atoms. The van der Waals surface area contributed by atoms with E-state index < -0.39 is 17.8 Å². The Morgan fingerprint density at radius 1 is 1.04 bits per heavy atom. The number of nitrogens with one attached hydrogen (secondary N) is 3. The minimum Gasteiger partial charge on any atom is -0.478 e. The number of amides is 3. The second-order valence-corrected chi connectivity index (χ2v) is 4.84. The summed E-state index contributed by atoms with van der Waals surface area (Å²) in [5, 5.41) is 11.1. The van der Waals surface area contributed by atoms with E-state index in [1.54, 1.807) is 12.1 Å². The zero-order valence-corrected chi connectivity index (χ0v) is 13.2. The molecule has 1 aromatic carbocycles. The zero-order valence-electron chi connectivity index (χ0n) is 13.2. The van der Waals surface area contributed by atoms with E-state index in [1.807, 2.05) is 12.3 Å². The number of carbonyl (C=O) groups is 4. The van der Waals surface area contributed by atoms with E-state index in [0.29, 0.717) is 18.2 Å². The fourth-order valence-corrected chi connectivity index (χ4v) is 1.64. The highest BCUT2D eigenvalue weighted by Gasteiger charge is 2.07. The third-order valence-electron chi connectivity index (χ3n) is 2.86. The maximum Gasteiger partial charge on any atom is 0.328 e. The summed E-state index contributed by atoms with van der Waals surface area (Å²) >= 11 is 0. The Labute approximate surface area is 138 Å². The Bertz CT molecular complexity index is 638. The molecule has 0 radical (unpaired) electrons. The van der Waals surface area contributed by atoms with Crippen LogP contribution in [0, 0.1) is 0 Å². The van der Waals surface area contributed by atoms with E-state index in [-0.39, 0.29) is 11.5 Å². The lowest BCUT2D eigenvalue weighted by Gasteiger charge is -2.07. The lowest BCUT2D eigenvalue weighted by Crippen LogP contribution is -2.40. The van der Waals surface area contributed by atoms with Gasteiger partial charge in [-0.3, -0.25) is 25.2 Å². The number of aliphatic carboxylic acids is 1. The van der Waals surface area contributed by atoms with Crippen molar-refractivity contribution in [2.45, 2.75) is 26.2 Å². The van der Waals surface area contributed by atoms with Gasteiger partial charge in [-0.15, -0.1) is 0 Å². The molecule has 8 nitrogen and oxygen atoms in total. The quantitative estimate of drug-likeness (QED) is 0.441. The molecule has 0 aromatic heterocycles. The summed E-state index contributed by atoms with van der Waals surface area (Å²) < 4.78 is 0. The number of hydrazine groups is 1. The summed E-state index contributed by atoms with van der Waals surface area (Å²) in [5.74, 6) is -2.71. The van der Waals surface area contributed by atoms with Crippen molar-refractivity contribution in [1.29, 1.82) is 0 Å². The second kappa shape index (κ2) is 9.78. The van der Waals surface area contributed by atoms with Gasteiger partial charge in [-0.1, -0.05) is 13.3 Å². The predicted octanol–water partition coefficient (Wildman–Crippen LogP) is 1.22.